The minimum atomic E-state index is -0.175. The molecule has 2 N–H and O–H groups in total. The summed E-state index contributed by atoms with van der Waals surface area (Å²) in [6.07, 6.45) is 6.81. The molecule has 0 bridgehead atoms. The average molecular weight is 431 g/mol. The number of carbonyl (C=O) groups is 1. The van der Waals surface area contributed by atoms with Crippen molar-refractivity contribution in [1.29, 1.82) is 0 Å². The molecule has 8 nitrogen and oxygen atoms in total. The summed E-state index contributed by atoms with van der Waals surface area (Å²) < 4.78 is 13.1. The Kier molecular flexibility index (Phi) is 5.05. The molecule has 0 spiro atoms. The SMILES string of the molecule is COc1cc(-n2cnc3cc(-c4c[nH]nc4C)ccc32)cc(OC)c1C(=O)NC1CCC1. The summed E-state index contributed by atoms with van der Waals surface area (Å²) in [5.74, 6) is 0.748. The van der Waals surface area contributed by atoms with E-state index in [0.29, 0.717) is 17.1 Å². The molecular weight excluding hydrogens is 406 g/mol. The molecule has 32 heavy (non-hydrogen) atoms. The first-order valence-corrected chi connectivity index (χ1v) is 10.6. The van der Waals surface area contributed by atoms with Crippen LogP contribution in [0.2, 0.25) is 0 Å². The van der Waals surface area contributed by atoms with Gasteiger partial charge in [-0.2, -0.15) is 5.10 Å². The first-order valence-electron chi connectivity index (χ1n) is 10.6. The Balaban J connectivity index is 1.55. The summed E-state index contributed by atoms with van der Waals surface area (Å²) in [7, 11) is 3.12. The number of rotatable bonds is 6. The normalized spacial score (nSPS) is 13.7. The van der Waals surface area contributed by atoms with Gasteiger partial charge < -0.3 is 14.8 Å². The third kappa shape index (κ3) is 3.37. The van der Waals surface area contributed by atoms with E-state index in [0.717, 1.165) is 52.8 Å². The number of methoxy groups -OCH3 is 2. The Hall–Kier alpha value is -3.81. The number of H-pyrrole nitrogens is 1. The fraction of sp³-hybridized carbons (Fsp3) is 0.292. The lowest BCUT2D eigenvalue weighted by Crippen LogP contribution is -2.39. The van der Waals surface area contributed by atoms with E-state index < -0.39 is 0 Å². The number of nitrogens with zero attached hydrogens (tertiary/aromatic N) is 3. The largest absolute Gasteiger partial charge is 0.496 e. The van der Waals surface area contributed by atoms with Crippen molar-refractivity contribution in [3.8, 4) is 28.3 Å². The molecule has 1 aliphatic carbocycles. The zero-order valence-electron chi connectivity index (χ0n) is 18.3. The highest BCUT2D eigenvalue weighted by Gasteiger charge is 2.25. The lowest BCUT2D eigenvalue weighted by atomic mass is 9.93. The zero-order valence-corrected chi connectivity index (χ0v) is 18.3. The van der Waals surface area contributed by atoms with Gasteiger partial charge >= 0.3 is 0 Å². The van der Waals surface area contributed by atoms with Crippen molar-refractivity contribution in [3.63, 3.8) is 0 Å². The number of amides is 1. The van der Waals surface area contributed by atoms with Crippen molar-refractivity contribution in [1.82, 2.24) is 25.1 Å². The fourth-order valence-corrected chi connectivity index (χ4v) is 4.11. The van der Waals surface area contributed by atoms with Crippen molar-refractivity contribution in [2.45, 2.75) is 32.2 Å². The number of aromatic amines is 1. The second-order valence-corrected chi connectivity index (χ2v) is 8.03. The number of carbonyl (C=O) groups excluding carboxylic acids is 1. The molecule has 0 radical (unpaired) electrons. The number of aromatic nitrogens is 4. The van der Waals surface area contributed by atoms with Gasteiger partial charge in [-0.15, -0.1) is 0 Å². The summed E-state index contributed by atoms with van der Waals surface area (Å²) in [6.45, 7) is 1.97. The van der Waals surface area contributed by atoms with Crippen LogP contribution in [0.4, 0.5) is 0 Å². The summed E-state index contributed by atoms with van der Waals surface area (Å²) >= 11 is 0. The average Bonchev–Trinajstić information content (AvgIpc) is 3.40. The van der Waals surface area contributed by atoms with E-state index in [1.807, 2.05) is 48.0 Å². The molecular formula is C24H25N5O3. The van der Waals surface area contributed by atoms with Crippen LogP contribution in [0.1, 0.15) is 35.3 Å². The maximum Gasteiger partial charge on any atom is 0.259 e. The van der Waals surface area contributed by atoms with E-state index in [1.54, 1.807) is 20.5 Å². The topological polar surface area (TPSA) is 94.1 Å². The van der Waals surface area contributed by atoms with Crippen LogP contribution in [0.5, 0.6) is 11.5 Å². The number of hydrogen-bond donors (Lipinski definition) is 2. The molecule has 2 heterocycles. The molecule has 2 aromatic carbocycles. The second-order valence-electron chi connectivity index (χ2n) is 8.03. The van der Waals surface area contributed by atoms with Gasteiger partial charge in [0, 0.05) is 29.9 Å². The van der Waals surface area contributed by atoms with Gasteiger partial charge in [0.25, 0.3) is 5.91 Å². The van der Waals surface area contributed by atoms with Gasteiger partial charge in [-0.3, -0.25) is 14.5 Å². The van der Waals surface area contributed by atoms with Gasteiger partial charge in [-0.1, -0.05) is 6.07 Å². The molecule has 0 saturated heterocycles. The lowest BCUT2D eigenvalue weighted by Gasteiger charge is -2.27. The zero-order chi connectivity index (χ0) is 22.2. The number of nitrogens with one attached hydrogen (secondary N) is 2. The van der Waals surface area contributed by atoms with E-state index in [2.05, 4.69) is 20.5 Å². The van der Waals surface area contributed by atoms with Crippen molar-refractivity contribution in [2.24, 2.45) is 0 Å². The van der Waals surface area contributed by atoms with Crippen molar-refractivity contribution in [3.05, 3.63) is 54.1 Å². The number of ether oxygens (including phenoxy) is 2. The lowest BCUT2D eigenvalue weighted by molar-refractivity contribution is 0.0910. The van der Waals surface area contributed by atoms with Crippen LogP contribution in [0, 0.1) is 6.92 Å². The highest BCUT2D eigenvalue weighted by Crippen LogP contribution is 2.34. The number of benzene rings is 2. The maximum atomic E-state index is 12.9. The third-order valence-electron chi connectivity index (χ3n) is 6.13. The predicted octanol–water partition coefficient (Wildman–Crippen LogP) is 4.02. The number of hydrogen-bond acceptors (Lipinski definition) is 5. The first-order chi connectivity index (χ1) is 15.6. The number of imidazole rings is 1. The quantitative estimate of drug-likeness (QED) is 0.481. The minimum absolute atomic E-state index is 0.175. The number of fused-ring (bicyclic) bond motifs is 1. The standard InChI is InChI=1S/C24H25N5O3/c1-14-18(12-26-28-14)15-7-8-20-19(9-15)25-13-29(20)17-10-21(31-2)23(22(11-17)32-3)24(30)27-16-5-4-6-16/h7-13,16H,4-6H2,1-3H3,(H,26,28)(H,27,30). The summed E-state index contributed by atoms with van der Waals surface area (Å²) in [4.78, 5) is 17.5. The van der Waals surface area contributed by atoms with E-state index in [1.165, 1.54) is 0 Å². The van der Waals surface area contributed by atoms with Gasteiger partial charge in [0.05, 0.1) is 36.6 Å². The Morgan fingerprint density at radius 2 is 1.91 bits per heavy atom. The molecule has 0 aliphatic heterocycles. The molecule has 0 unspecified atom stereocenters. The molecule has 1 fully saturated rings. The highest BCUT2D eigenvalue weighted by molar-refractivity contribution is 6.00. The van der Waals surface area contributed by atoms with E-state index in [4.69, 9.17) is 9.47 Å². The molecule has 1 saturated carbocycles. The van der Waals surface area contributed by atoms with Crippen LogP contribution in [-0.4, -0.2) is 45.9 Å². The minimum Gasteiger partial charge on any atom is -0.496 e. The van der Waals surface area contributed by atoms with Gasteiger partial charge in [0.15, 0.2) is 0 Å². The fourth-order valence-electron chi connectivity index (χ4n) is 4.11. The predicted molar refractivity (Wildman–Crippen MR) is 122 cm³/mol. The Bertz CT molecular complexity index is 1280. The van der Waals surface area contributed by atoms with Gasteiger partial charge in [-0.05, 0) is 43.9 Å². The van der Waals surface area contributed by atoms with Crippen LogP contribution < -0.4 is 14.8 Å². The highest BCUT2D eigenvalue weighted by atomic mass is 16.5. The molecule has 1 aliphatic rings. The summed E-state index contributed by atoms with van der Waals surface area (Å²) in [5, 5.41) is 10.2. The van der Waals surface area contributed by atoms with E-state index in [-0.39, 0.29) is 11.9 Å². The smallest absolute Gasteiger partial charge is 0.259 e. The van der Waals surface area contributed by atoms with Crippen LogP contribution in [-0.2, 0) is 0 Å². The van der Waals surface area contributed by atoms with Crippen molar-refractivity contribution >= 4 is 16.9 Å². The molecule has 0 atom stereocenters. The molecule has 2 aromatic heterocycles. The summed E-state index contributed by atoms with van der Waals surface area (Å²) in [5.41, 5.74) is 6.03. The monoisotopic (exact) mass is 431 g/mol. The van der Waals surface area contributed by atoms with E-state index in [9.17, 15) is 4.79 Å². The molecule has 164 valence electrons. The number of aryl methyl sites for hydroxylation is 1. The van der Waals surface area contributed by atoms with Gasteiger partial charge in [0.1, 0.15) is 23.4 Å². The van der Waals surface area contributed by atoms with Crippen LogP contribution in [0.25, 0.3) is 27.8 Å². The molecule has 4 aromatic rings. The van der Waals surface area contributed by atoms with Gasteiger partial charge in [0.2, 0.25) is 0 Å². The molecule has 5 rings (SSSR count). The van der Waals surface area contributed by atoms with Crippen molar-refractivity contribution < 1.29 is 14.3 Å². The maximum absolute atomic E-state index is 12.9. The van der Waals surface area contributed by atoms with Crippen LogP contribution in [0.3, 0.4) is 0 Å². The Labute approximate surface area is 185 Å². The Morgan fingerprint density at radius 1 is 1.16 bits per heavy atom. The summed E-state index contributed by atoms with van der Waals surface area (Å²) in [6, 6.07) is 10.0. The molecule has 1 amide bonds. The van der Waals surface area contributed by atoms with Crippen LogP contribution >= 0.6 is 0 Å². The van der Waals surface area contributed by atoms with E-state index >= 15 is 0 Å². The molecule has 8 heteroatoms. The van der Waals surface area contributed by atoms with Crippen molar-refractivity contribution in [2.75, 3.05) is 14.2 Å². The van der Waals surface area contributed by atoms with Crippen LogP contribution in [0.15, 0.2) is 42.9 Å². The van der Waals surface area contributed by atoms with Gasteiger partial charge in [-0.25, -0.2) is 4.98 Å². The first kappa shape index (κ1) is 20.1. The Morgan fingerprint density at radius 3 is 2.50 bits per heavy atom. The second kappa shape index (κ2) is 8.03. The third-order valence-corrected chi connectivity index (χ3v) is 6.13.